The van der Waals surface area contributed by atoms with Gasteiger partial charge in [0.25, 0.3) is 5.56 Å². The predicted molar refractivity (Wildman–Crippen MR) is 115 cm³/mol. The SMILES string of the molecule is CS(=O)(=O)c1ccc(-n2ccc(OC3C[C@H]4CC[C@H](C3)N4C(=O)OCC(F)(F)F)cc2=O)cc1. The summed E-state index contributed by atoms with van der Waals surface area (Å²) in [7, 11) is -3.35. The molecule has 2 aliphatic heterocycles. The number of aromatic nitrogens is 1. The highest BCUT2D eigenvalue weighted by Crippen LogP contribution is 2.38. The zero-order valence-corrected chi connectivity index (χ0v) is 19.0. The van der Waals surface area contributed by atoms with Crippen molar-refractivity contribution in [3.8, 4) is 11.4 Å². The highest BCUT2D eigenvalue weighted by Gasteiger charge is 2.45. The monoisotopic (exact) mass is 500 g/mol. The lowest BCUT2D eigenvalue weighted by molar-refractivity contribution is -0.163. The van der Waals surface area contributed by atoms with Crippen molar-refractivity contribution in [1.29, 1.82) is 0 Å². The number of alkyl halides is 3. The highest BCUT2D eigenvalue weighted by molar-refractivity contribution is 7.90. The van der Waals surface area contributed by atoms with Gasteiger partial charge in [-0.3, -0.25) is 9.36 Å². The van der Waals surface area contributed by atoms with Crippen molar-refractivity contribution >= 4 is 15.9 Å². The Hall–Kier alpha value is -3.02. The molecule has 34 heavy (non-hydrogen) atoms. The van der Waals surface area contributed by atoms with Gasteiger partial charge in [0.1, 0.15) is 11.9 Å². The minimum Gasteiger partial charge on any atom is -0.490 e. The molecule has 8 nitrogen and oxygen atoms in total. The number of carbonyl (C=O) groups excluding carboxylic acids is 1. The number of hydrogen-bond acceptors (Lipinski definition) is 6. The second kappa shape index (κ2) is 8.97. The molecule has 2 fully saturated rings. The van der Waals surface area contributed by atoms with Crippen LogP contribution in [0.15, 0.2) is 52.3 Å². The van der Waals surface area contributed by atoms with Crippen molar-refractivity contribution in [1.82, 2.24) is 9.47 Å². The Morgan fingerprint density at radius 3 is 2.24 bits per heavy atom. The topological polar surface area (TPSA) is 94.9 Å². The van der Waals surface area contributed by atoms with E-state index in [1.165, 1.54) is 46.0 Å². The van der Waals surface area contributed by atoms with Gasteiger partial charge in [0.2, 0.25) is 0 Å². The van der Waals surface area contributed by atoms with Crippen molar-refractivity contribution in [3.63, 3.8) is 0 Å². The number of nitrogens with zero attached hydrogens (tertiary/aromatic N) is 2. The number of sulfone groups is 1. The van der Waals surface area contributed by atoms with Crippen LogP contribution < -0.4 is 10.3 Å². The second-order valence-corrected chi connectivity index (χ2v) is 10.5. The first-order valence-corrected chi connectivity index (χ1v) is 12.5. The average Bonchev–Trinajstić information content (AvgIpc) is 3.02. The van der Waals surface area contributed by atoms with Crippen molar-refractivity contribution in [2.75, 3.05) is 12.9 Å². The largest absolute Gasteiger partial charge is 0.490 e. The normalized spacial score (nSPS) is 22.5. The van der Waals surface area contributed by atoms with Gasteiger partial charge in [0.05, 0.1) is 4.90 Å². The third-order valence-electron chi connectivity index (χ3n) is 6.00. The first kappa shape index (κ1) is 24.1. The lowest BCUT2D eigenvalue weighted by Crippen LogP contribution is -2.50. The summed E-state index contributed by atoms with van der Waals surface area (Å²) in [5, 5.41) is 0. The molecule has 4 rings (SSSR count). The molecule has 0 N–H and O–H groups in total. The number of benzene rings is 1. The Labute approximate surface area is 193 Å². The Morgan fingerprint density at radius 2 is 1.71 bits per heavy atom. The van der Waals surface area contributed by atoms with E-state index >= 15 is 0 Å². The van der Waals surface area contributed by atoms with Crippen molar-refractivity contribution in [3.05, 3.63) is 52.9 Å². The number of piperidine rings is 1. The van der Waals surface area contributed by atoms with Gasteiger partial charge < -0.3 is 14.4 Å². The molecule has 1 aromatic heterocycles. The third kappa shape index (κ3) is 5.37. The van der Waals surface area contributed by atoms with Crippen LogP contribution in [0.25, 0.3) is 5.69 Å². The van der Waals surface area contributed by atoms with E-state index in [0.29, 0.717) is 37.1 Å². The van der Waals surface area contributed by atoms with Crippen LogP contribution >= 0.6 is 0 Å². The predicted octanol–water partition coefficient (Wildman–Crippen LogP) is 3.31. The molecule has 0 spiro atoms. The van der Waals surface area contributed by atoms with Gasteiger partial charge in [-0.1, -0.05) is 0 Å². The molecular formula is C22H23F3N2O6S. The number of ether oxygens (including phenoxy) is 2. The molecule has 0 saturated carbocycles. The molecule has 12 heteroatoms. The summed E-state index contributed by atoms with van der Waals surface area (Å²) >= 11 is 0. The fourth-order valence-electron chi connectivity index (χ4n) is 4.53. The quantitative estimate of drug-likeness (QED) is 0.625. The van der Waals surface area contributed by atoms with Crippen LogP contribution in [0, 0.1) is 0 Å². The van der Waals surface area contributed by atoms with E-state index < -0.39 is 28.7 Å². The van der Waals surface area contributed by atoms with Crippen LogP contribution in [0.4, 0.5) is 18.0 Å². The van der Waals surface area contributed by atoms with Crippen LogP contribution in [-0.4, -0.2) is 61.2 Å². The molecule has 3 heterocycles. The first-order valence-electron chi connectivity index (χ1n) is 10.6. The highest BCUT2D eigenvalue weighted by atomic mass is 32.2. The maximum atomic E-state index is 12.6. The van der Waals surface area contributed by atoms with Gasteiger partial charge in [-0.2, -0.15) is 13.2 Å². The lowest BCUT2D eigenvalue weighted by Gasteiger charge is -2.38. The molecule has 2 bridgehead atoms. The number of amides is 1. The second-order valence-electron chi connectivity index (χ2n) is 8.51. The molecule has 0 unspecified atom stereocenters. The standard InChI is InChI=1S/C22H23F3N2O6S/c1-34(30,31)19-6-4-14(5-7-19)26-9-8-17(12-20(26)28)33-18-10-15-2-3-16(11-18)27(15)21(29)32-13-22(23,24)25/h4-9,12,15-16,18H,2-3,10-11,13H2,1H3/t15-,16-/m1/s1. The van der Waals surface area contributed by atoms with E-state index in [-0.39, 0.29) is 28.6 Å². The van der Waals surface area contributed by atoms with Gasteiger partial charge in [0, 0.05) is 49.1 Å². The van der Waals surface area contributed by atoms with Crippen molar-refractivity contribution in [2.45, 2.75) is 54.9 Å². The Kier molecular flexibility index (Phi) is 6.36. The molecule has 1 aromatic carbocycles. The zero-order valence-electron chi connectivity index (χ0n) is 18.2. The summed E-state index contributed by atoms with van der Waals surface area (Å²) in [6.07, 6.45) is -1.07. The maximum Gasteiger partial charge on any atom is 0.422 e. The van der Waals surface area contributed by atoms with E-state index in [1.807, 2.05) is 0 Å². The molecule has 1 amide bonds. The summed E-state index contributed by atoms with van der Waals surface area (Å²) in [4.78, 5) is 26.3. The van der Waals surface area contributed by atoms with E-state index in [0.717, 1.165) is 6.26 Å². The van der Waals surface area contributed by atoms with Crippen molar-refractivity contribution in [2.24, 2.45) is 0 Å². The fraction of sp³-hybridized carbons (Fsp3) is 0.455. The van der Waals surface area contributed by atoms with Gasteiger partial charge >= 0.3 is 12.3 Å². The number of carbonyl (C=O) groups is 1. The number of pyridine rings is 1. The summed E-state index contributed by atoms with van der Waals surface area (Å²) < 4.78 is 72.0. The Bertz CT molecular complexity index is 1210. The Balaban J connectivity index is 1.40. The summed E-state index contributed by atoms with van der Waals surface area (Å²) in [6.45, 7) is -1.62. The molecule has 0 aliphatic carbocycles. The molecular weight excluding hydrogens is 477 g/mol. The van der Waals surface area contributed by atoms with Crippen LogP contribution in [0.2, 0.25) is 0 Å². The average molecular weight is 500 g/mol. The van der Waals surface area contributed by atoms with Crippen LogP contribution in [0.1, 0.15) is 25.7 Å². The van der Waals surface area contributed by atoms with E-state index in [9.17, 15) is 31.2 Å². The van der Waals surface area contributed by atoms with Gasteiger partial charge in [-0.25, -0.2) is 13.2 Å². The zero-order chi connectivity index (χ0) is 24.7. The van der Waals surface area contributed by atoms with Gasteiger partial charge in [-0.05, 0) is 43.2 Å². The van der Waals surface area contributed by atoms with E-state index in [1.54, 1.807) is 6.07 Å². The molecule has 184 valence electrons. The summed E-state index contributed by atoms with van der Waals surface area (Å²) in [5.41, 5.74) is 0.119. The summed E-state index contributed by atoms with van der Waals surface area (Å²) in [5.74, 6) is 0.339. The first-order chi connectivity index (χ1) is 15.9. The lowest BCUT2D eigenvalue weighted by atomic mass is 10.0. The van der Waals surface area contributed by atoms with Gasteiger partial charge in [0.15, 0.2) is 16.4 Å². The van der Waals surface area contributed by atoms with Crippen LogP contribution in [0.5, 0.6) is 5.75 Å². The van der Waals surface area contributed by atoms with Crippen molar-refractivity contribution < 1.29 is 35.9 Å². The number of hydrogen-bond donors (Lipinski definition) is 0. The molecule has 2 aliphatic rings. The smallest absolute Gasteiger partial charge is 0.422 e. The summed E-state index contributed by atoms with van der Waals surface area (Å²) in [6, 6.07) is 8.27. The van der Waals surface area contributed by atoms with E-state index in [2.05, 4.69) is 4.74 Å². The molecule has 2 aromatic rings. The van der Waals surface area contributed by atoms with Crippen LogP contribution in [0.3, 0.4) is 0 Å². The molecule has 2 saturated heterocycles. The maximum absolute atomic E-state index is 12.6. The number of fused-ring (bicyclic) bond motifs is 2. The van der Waals surface area contributed by atoms with E-state index in [4.69, 9.17) is 4.74 Å². The fourth-order valence-corrected chi connectivity index (χ4v) is 5.16. The number of rotatable bonds is 5. The Morgan fingerprint density at radius 1 is 1.09 bits per heavy atom. The van der Waals surface area contributed by atoms with Crippen LogP contribution in [-0.2, 0) is 14.6 Å². The number of halogens is 3. The minimum absolute atomic E-state index is 0.146. The molecule has 2 atom stereocenters. The van der Waals surface area contributed by atoms with Gasteiger partial charge in [-0.15, -0.1) is 0 Å². The third-order valence-corrected chi connectivity index (χ3v) is 7.13. The molecule has 0 radical (unpaired) electrons. The minimum atomic E-state index is -4.58.